The van der Waals surface area contributed by atoms with E-state index in [0.29, 0.717) is 10.8 Å². The number of carboxylic acids is 2. The molecule has 0 atom stereocenters. The minimum Gasteiger partial charge on any atom is -0.473 e. The Labute approximate surface area is 167 Å². The van der Waals surface area contributed by atoms with Gasteiger partial charge in [-0.25, -0.2) is 9.59 Å². The first-order valence-electron chi connectivity index (χ1n) is 8.42. The standard InChI is InChI=1S/C18H19ClN2O.C2H2O4/c1-21(2)11-10-13-12-20-15-8-9-16(18(19)17(13)15)22-14-6-4-3-5-7-14;3-1(4)2(5)6/h3-9,12,20H,10-11H2,1-2H3;(H,3,4)(H,5,6). The maximum absolute atomic E-state index is 9.10. The Bertz CT molecular complexity index is 942. The van der Waals surface area contributed by atoms with Crippen molar-refractivity contribution in [1.29, 1.82) is 0 Å². The minimum atomic E-state index is -1.82. The van der Waals surface area contributed by atoms with Crippen molar-refractivity contribution in [3.8, 4) is 11.5 Å². The number of carbonyl (C=O) groups is 2. The number of rotatable bonds is 5. The fraction of sp³-hybridized carbons (Fsp3) is 0.200. The van der Waals surface area contributed by atoms with Gasteiger partial charge in [-0.15, -0.1) is 0 Å². The largest absolute Gasteiger partial charge is 0.473 e. The van der Waals surface area contributed by atoms with Gasteiger partial charge in [0.05, 0.1) is 5.02 Å². The van der Waals surface area contributed by atoms with Gasteiger partial charge in [-0.1, -0.05) is 29.8 Å². The number of aromatic amines is 1. The lowest BCUT2D eigenvalue weighted by molar-refractivity contribution is -0.159. The van der Waals surface area contributed by atoms with E-state index in [9.17, 15) is 0 Å². The monoisotopic (exact) mass is 404 g/mol. The molecule has 0 saturated carbocycles. The van der Waals surface area contributed by atoms with Gasteiger partial charge < -0.3 is 24.8 Å². The molecular weight excluding hydrogens is 384 g/mol. The summed E-state index contributed by atoms with van der Waals surface area (Å²) in [6.07, 6.45) is 2.98. The fourth-order valence-corrected chi connectivity index (χ4v) is 2.79. The highest BCUT2D eigenvalue weighted by atomic mass is 35.5. The van der Waals surface area contributed by atoms with Crippen LogP contribution in [0.2, 0.25) is 5.02 Å². The highest BCUT2D eigenvalue weighted by molar-refractivity contribution is 6.37. The van der Waals surface area contributed by atoms with Crippen LogP contribution in [0.15, 0.2) is 48.7 Å². The number of fused-ring (bicyclic) bond motifs is 1. The van der Waals surface area contributed by atoms with E-state index in [2.05, 4.69) is 24.0 Å². The molecule has 0 radical (unpaired) electrons. The van der Waals surface area contributed by atoms with E-state index in [4.69, 9.17) is 36.1 Å². The van der Waals surface area contributed by atoms with Crippen molar-refractivity contribution >= 4 is 34.4 Å². The number of para-hydroxylation sites is 1. The van der Waals surface area contributed by atoms with Gasteiger partial charge in [-0.3, -0.25) is 0 Å². The van der Waals surface area contributed by atoms with Gasteiger partial charge in [0.15, 0.2) is 0 Å². The molecule has 1 heterocycles. The van der Waals surface area contributed by atoms with Gasteiger partial charge in [0, 0.05) is 23.6 Å². The molecule has 3 aromatic rings. The lowest BCUT2D eigenvalue weighted by Gasteiger charge is -2.11. The molecule has 0 aliphatic rings. The van der Waals surface area contributed by atoms with Crippen molar-refractivity contribution in [1.82, 2.24) is 9.88 Å². The van der Waals surface area contributed by atoms with Crippen molar-refractivity contribution in [3.63, 3.8) is 0 Å². The number of hydrogen-bond acceptors (Lipinski definition) is 4. The number of nitrogens with one attached hydrogen (secondary N) is 1. The number of ether oxygens (including phenoxy) is 1. The van der Waals surface area contributed by atoms with Crippen molar-refractivity contribution < 1.29 is 24.5 Å². The summed E-state index contributed by atoms with van der Waals surface area (Å²) in [5.41, 5.74) is 2.26. The second kappa shape index (κ2) is 9.77. The number of hydrogen-bond donors (Lipinski definition) is 3. The average Bonchev–Trinajstić information content (AvgIpc) is 3.07. The van der Waals surface area contributed by atoms with E-state index in [0.717, 1.165) is 29.6 Å². The highest BCUT2D eigenvalue weighted by Crippen LogP contribution is 2.37. The van der Waals surface area contributed by atoms with Crippen molar-refractivity contribution in [2.24, 2.45) is 0 Å². The Balaban J connectivity index is 0.000000409. The molecule has 1 aromatic heterocycles. The first-order valence-corrected chi connectivity index (χ1v) is 8.79. The summed E-state index contributed by atoms with van der Waals surface area (Å²) in [7, 11) is 4.14. The van der Waals surface area contributed by atoms with Crippen LogP contribution in [0.5, 0.6) is 11.5 Å². The predicted molar refractivity (Wildman–Crippen MR) is 107 cm³/mol. The second-order valence-corrected chi connectivity index (χ2v) is 6.57. The average molecular weight is 405 g/mol. The molecule has 0 saturated heterocycles. The van der Waals surface area contributed by atoms with Gasteiger partial charge >= 0.3 is 11.9 Å². The molecule has 7 nitrogen and oxygen atoms in total. The number of aliphatic carboxylic acids is 2. The summed E-state index contributed by atoms with van der Waals surface area (Å²) in [5.74, 6) is -2.18. The Morgan fingerprint density at radius 3 is 2.29 bits per heavy atom. The molecule has 3 rings (SSSR count). The van der Waals surface area contributed by atoms with Crippen LogP contribution in [0.1, 0.15) is 5.56 Å². The third kappa shape index (κ3) is 5.73. The zero-order valence-corrected chi connectivity index (χ0v) is 16.2. The SMILES string of the molecule is CN(C)CCc1c[nH]c2ccc(Oc3ccccc3)c(Cl)c12.O=C(O)C(=O)O. The van der Waals surface area contributed by atoms with Crippen LogP contribution in [0.4, 0.5) is 0 Å². The molecule has 0 bridgehead atoms. The van der Waals surface area contributed by atoms with E-state index in [1.807, 2.05) is 48.7 Å². The highest BCUT2D eigenvalue weighted by Gasteiger charge is 2.13. The van der Waals surface area contributed by atoms with Gasteiger partial charge in [-0.2, -0.15) is 0 Å². The Hall–Kier alpha value is -3.03. The van der Waals surface area contributed by atoms with Gasteiger partial charge in [0.2, 0.25) is 0 Å². The lowest BCUT2D eigenvalue weighted by atomic mass is 10.1. The van der Waals surface area contributed by atoms with E-state index in [1.165, 1.54) is 5.56 Å². The Kier molecular flexibility index (Phi) is 7.43. The normalized spacial score (nSPS) is 10.4. The maximum Gasteiger partial charge on any atom is 0.414 e. The van der Waals surface area contributed by atoms with Crippen LogP contribution < -0.4 is 4.74 Å². The number of halogens is 1. The first-order chi connectivity index (χ1) is 13.3. The molecule has 3 N–H and O–H groups in total. The summed E-state index contributed by atoms with van der Waals surface area (Å²) >= 11 is 6.59. The minimum absolute atomic E-state index is 0.663. The first kappa shape index (κ1) is 21.3. The van der Waals surface area contributed by atoms with E-state index >= 15 is 0 Å². The molecule has 0 spiro atoms. The second-order valence-electron chi connectivity index (χ2n) is 6.19. The third-order valence-corrected chi connectivity index (χ3v) is 4.19. The summed E-state index contributed by atoms with van der Waals surface area (Å²) in [6, 6.07) is 13.6. The number of carboxylic acid groups (broad SMARTS) is 2. The van der Waals surface area contributed by atoms with Crippen LogP contribution in [0.25, 0.3) is 10.9 Å². The van der Waals surface area contributed by atoms with Crippen LogP contribution in [0, 0.1) is 0 Å². The predicted octanol–water partition coefficient (Wildman–Crippen LogP) is 3.87. The number of likely N-dealkylation sites (N-methyl/N-ethyl adjacent to an activating group) is 1. The van der Waals surface area contributed by atoms with Crippen LogP contribution in [-0.4, -0.2) is 52.7 Å². The van der Waals surface area contributed by atoms with E-state index in [1.54, 1.807) is 0 Å². The molecule has 28 heavy (non-hydrogen) atoms. The summed E-state index contributed by atoms with van der Waals surface area (Å²) in [5, 5.41) is 16.5. The van der Waals surface area contributed by atoms with Crippen molar-refractivity contribution in [2.45, 2.75) is 6.42 Å². The molecule has 0 unspecified atom stereocenters. The van der Waals surface area contributed by atoms with E-state index in [-0.39, 0.29) is 0 Å². The Morgan fingerprint density at radius 2 is 1.71 bits per heavy atom. The molecular formula is C20H21ClN2O5. The summed E-state index contributed by atoms with van der Waals surface area (Å²) < 4.78 is 5.91. The quantitative estimate of drug-likeness (QED) is 0.558. The van der Waals surface area contributed by atoms with Gasteiger partial charge in [0.1, 0.15) is 11.5 Å². The zero-order valence-electron chi connectivity index (χ0n) is 15.5. The molecule has 8 heteroatoms. The molecule has 148 valence electrons. The fourth-order valence-electron chi connectivity index (χ4n) is 2.46. The summed E-state index contributed by atoms with van der Waals surface area (Å²) in [4.78, 5) is 23.6. The van der Waals surface area contributed by atoms with Crippen LogP contribution in [-0.2, 0) is 16.0 Å². The van der Waals surface area contributed by atoms with Crippen molar-refractivity contribution in [3.05, 3.63) is 59.2 Å². The Morgan fingerprint density at radius 1 is 1.07 bits per heavy atom. The molecule has 0 fully saturated rings. The van der Waals surface area contributed by atoms with Crippen molar-refractivity contribution in [2.75, 3.05) is 20.6 Å². The van der Waals surface area contributed by atoms with Crippen LogP contribution in [0.3, 0.4) is 0 Å². The molecule has 0 aliphatic carbocycles. The molecule has 0 amide bonds. The van der Waals surface area contributed by atoms with Crippen LogP contribution >= 0.6 is 11.6 Å². The lowest BCUT2D eigenvalue weighted by Crippen LogP contribution is -2.14. The molecule has 0 aliphatic heterocycles. The summed E-state index contributed by atoms with van der Waals surface area (Å²) in [6.45, 7) is 0.979. The van der Waals surface area contributed by atoms with E-state index < -0.39 is 11.9 Å². The smallest absolute Gasteiger partial charge is 0.414 e. The topological polar surface area (TPSA) is 103 Å². The zero-order chi connectivity index (χ0) is 20.7. The molecule has 2 aromatic carbocycles. The number of aromatic nitrogens is 1. The third-order valence-electron chi connectivity index (χ3n) is 3.81. The maximum atomic E-state index is 9.10. The number of nitrogens with zero attached hydrogens (tertiary/aromatic N) is 1. The number of H-pyrrole nitrogens is 1. The number of benzene rings is 2. The van der Waals surface area contributed by atoms with Gasteiger partial charge in [-0.05, 0) is 50.3 Å². The van der Waals surface area contributed by atoms with Gasteiger partial charge in [0.25, 0.3) is 0 Å².